The quantitative estimate of drug-likeness (QED) is 0.865. The molecular weight excluding hydrogens is 250 g/mol. The van der Waals surface area contributed by atoms with Gasteiger partial charge in [-0.15, -0.1) is 0 Å². The van der Waals surface area contributed by atoms with Gasteiger partial charge in [-0.25, -0.2) is 0 Å². The number of pyridine rings is 1. The molecule has 2 aromatic rings. The molecular formula is C16H19N3O. The van der Waals surface area contributed by atoms with Crippen molar-refractivity contribution in [1.29, 1.82) is 0 Å². The summed E-state index contributed by atoms with van der Waals surface area (Å²) in [6.45, 7) is 2.94. The van der Waals surface area contributed by atoms with Gasteiger partial charge in [0.1, 0.15) is 11.9 Å². The number of hydrogen-bond donors (Lipinski definition) is 1. The van der Waals surface area contributed by atoms with Crippen molar-refractivity contribution in [3.63, 3.8) is 0 Å². The summed E-state index contributed by atoms with van der Waals surface area (Å²) in [7, 11) is 0. The molecule has 3 rings (SSSR count). The Morgan fingerprint density at radius 2 is 2.25 bits per heavy atom. The molecule has 1 saturated heterocycles. The lowest BCUT2D eigenvalue weighted by molar-refractivity contribution is 0.198. The third-order valence-corrected chi connectivity index (χ3v) is 3.52. The molecule has 1 atom stereocenters. The van der Waals surface area contributed by atoms with Gasteiger partial charge >= 0.3 is 0 Å². The second kappa shape index (κ2) is 5.92. The molecule has 104 valence electrons. The number of nitrogens with zero attached hydrogens (tertiary/aromatic N) is 2. The van der Waals surface area contributed by atoms with E-state index in [9.17, 15) is 0 Å². The Kier molecular flexibility index (Phi) is 3.83. The molecule has 1 aliphatic heterocycles. The van der Waals surface area contributed by atoms with Crippen LogP contribution in [0.5, 0.6) is 5.75 Å². The summed E-state index contributed by atoms with van der Waals surface area (Å²) in [6.07, 6.45) is 5.02. The van der Waals surface area contributed by atoms with E-state index in [0.717, 1.165) is 37.5 Å². The van der Waals surface area contributed by atoms with Gasteiger partial charge in [0.25, 0.3) is 0 Å². The zero-order valence-corrected chi connectivity index (χ0v) is 11.4. The van der Waals surface area contributed by atoms with E-state index in [1.807, 2.05) is 36.5 Å². The minimum Gasteiger partial charge on any atom is -0.489 e. The molecule has 2 N–H and O–H groups in total. The van der Waals surface area contributed by atoms with Crippen molar-refractivity contribution in [3.8, 4) is 5.75 Å². The molecule has 20 heavy (non-hydrogen) atoms. The van der Waals surface area contributed by atoms with Gasteiger partial charge in [0.05, 0.1) is 0 Å². The summed E-state index contributed by atoms with van der Waals surface area (Å²) >= 11 is 0. The zero-order chi connectivity index (χ0) is 13.8. The van der Waals surface area contributed by atoms with Crippen molar-refractivity contribution >= 4 is 5.69 Å². The van der Waals surface area contributed by atoms with Gasteiger partial charge in [0.15, 0.2) is 0 Å². The van der Waals surface area contributed by atoms with Crippen LogP contribution in [-0.2, 0) is 6.54 Å². The summed E-state index contributed by atoms with van der Waals surface area (Å²) in [4.78, 5) is 6.55. The first-order valence-corrected chi connectivity index (χ1v) is 6.93. The van der Waals surface area contributed by atoms with E-state index >= 15 is 0 Å². The lowest BCUT2D eigenvalue weighted by Gasteiger charge is -2.17. The maximum atomic E-state index is 5.99. The molecule has 0 saturated carbocycles. The second-order valence-electron chi connectivity index (χ2n) is 5.20. The second-order valence-corrected chi connectivity index (χ2v) is 5.20. The van der Waals surface area contributed by atoms with Crippen molar-refractivity contribution in [2.45, 2.75) is 19.1 Å². The molecule has 4 heteroatoms. The Balaban J connectivity index is 1.54. The molecule has 1 aliphatic rings. The van der Waals surface area contributed by atoms with Crippen LogP contribution < -0.4 is 10.5 Å². The molecule has 0 bridgehead atoms. The fourth-order valence-electron chi connectivity index (χ4n) is 2.57. The van der Waals surface area contributed by atoms with Gasteiger partial charge in [-0.1, -0.05) is 12.1 Å². The van der Waals surface area contributed by atoms with Crippen LogP contribution in [0.15, 0.2) is 48.8 Å². The number of ether oxygens (including phenoxy) is 1. The van der Waals surface area contributed by atoms with E-state index in [1.54, 1.807) is 6.20 Å². The number of aromatic nitrogens is 1. The van der Waals surface area contributed by atoms with Crippen molar-refractivity contribution < 1.29 is 4.74 Å². The third-order valence-electron chi connectivity index (χ3n) is 3.52. The van der Waals surface area contributed by atoms with Crippen LogP contribution in [0.25, 0.3) is 0 Å². The number of nitrogens with two attached hydrogens (primary N) is 1. The number of likely N-dealkylation sites (tertiary alicyclic amines) is 1. The molecule has 0 amide bonds. The first kappa shape index (κ1) is 12.9. The minimum atomic E-state index is 0.244. The molecule has 1 aromatic heterocycles. The molecule has 0 radical (unpaired) electrons. The third kappa shape index (κ3) is 3.27. The molecule has 1 unspecified atom stereocenters. The standard InChI is InChI=1S/C16H19N3O/c17-14-4-1-5-15(9-14)20-16-6-8-19(12-16)11-13-3-2-7-18-10-13/h1-5,7,9-10,16H,6,8,11-12,17H2. The van der Waals surface area contributed by atoms with Crippen molar-refractivity contribution in [2.75, 3.05) is 18.8 Å². The monoisotopic (exact) mass is 269 g/mol. The number of benzene rings is 1. The number of nitrogen functional groups attached to an aromatic ring is 1. The SMILES string of the molecule is Nc1cccc(OC2CCN(Cc3cccnc3)C2)c1. The van der Waals surface area contributed by atoms with Crippen LogP contribution in [0.1, 0.15) is 12.0 Å². The van der Waals surface area contributed by atoms with E-state index in [1.165, 1.54) is 5.56 Å². The summed E-state index contributed by atoms with van der Waals surface area (Å²) in [5.74, 6) is 0.859. The Morgan fingerprint density at radius 1 is 1.30 bits per heavy atom. The maximum Gasteiger partial charge on any atom is 0.121 e. The van der Waals surface area contributed by atoms with Gasteiger partial charge in [0.2, 0.25) is 0 Å². The summed E-state index contributed by atoms with van der Waals surface area (Å²) < 4.78 is 5.99. The fourth-order valence-corrected chi connectivity index (χ4v) is 2.57. The Bertz CT molecular complexity index is 559. The Morgan fingerprint density at radius 3 is 3.05 bits per heavy atom. The predicted octanol–water partition coefficient (Wildman–Crippen LogP) is 2.32. The van der Waals surface area contributed by atoms with Gasteiger partial charge in [-0.05, 0) is 30.2 Å². The summed E-state index contributed by atoms with van der Waals surface area (Å²) in [6, 6.07) is 11.7. The predicted molar refractivity (Wildman–Crippen MR) is 79.4 cm³/mol. The molecule has 0 aliphatic carbocycles. The topological polar surface area (TPSA) is 51.4 Å². The fraction of sp³-hybridized carbons (Fsp3) is 0.312. The van der Waals surface area contributed by atoms with E-state index in [-0.39, 0.29) is 6.10 Å². The average molecular weight is 269 g/mol. The lowest BCUT2D eigenvalue weighted by Crippen LogP contribution is -2.24. The summed E-state index contributed by atoms with van der Waals surface area (Å²) in [5.41, 5.74) is 7.76. The minimum absolute atomic E-state index is 0.244. The van der Waals surface area contributed by atoms with E-state index < -0.39 is 0 Å². The highest BCUT2D eigenvalue weighted by Gasteiger charge is 2.23. The van der Waals surface area contributed by atoms with Crippen LogP contribution in [0.2, 0.25) is 0 Å². The van der Waals surface area contributed by atoms with E-state index in [2.05, 4.69) is 16.0 Å². The van der Waals surface area contributed by atoms with Crippen LogP contribution in [0, 0.1) is 0 Å². The molecule has 1 fully saturated rings. The van der Waals surface area contributed by atoms with E-state index in [0.29, 0.717) is 0 Å². The number of anilines is 1. The van der Waals surface area contributed by atoms with Gasteiger partial charge in [-0.3, -0.25) is 9.88 Å². The highest BCUT2D eigenvalue weighted by molar-refractivity contribution is 5.43. The van der Waals surface area contributed by atoms with Crippen molar-refractivity contribution in [1.82, 2.24) is 9.88 Å². The maximum absolute atomic E-state index is 5.99. The van der Waals surface area contributed by atoms with Gasteiger partial charge < -0.3 is 10.5 Å². The smallest absolute Gasteiger partial charge is 0.121 e. The molecule has 0 spiro atoms. The Labute approximate surface area is 119 Å². The van der Waals surface area contributed by atoms with Gasteiger partial charge in [-0.2, -0.15) is 0 Å². The lowest BCUT2D eigenvalue weighted by atomic mass is 10.3. The Hall–Kier alpha value is -2.07. The zero-order valence-electron chi connectivity index (χ0n) is 11.4. The molecule has 4 nitrogen and oxygen atoms in total. The number of rotatable bonds is 4. The van der Waals surface area contributed by atoms with Crippen LogP contribution >= 0.6 is 0 Å². The highest BCUT2D eigenvalue weighted by atomic mass is 16.5. The molecule has 1 aromatic carbocycles. The van der Waals surface area contributed by atoms with Crippen molar-refractivity contribution in [3.05, 3.63) is 54.4 Å². The van der Waals surface area contributed by atoms with E-state index in [4.69, 9.17) is 10.5 Å². The summed E-state index contributed by atoms with van der Waals surface area (Å²) in [5, 5.41) is 0. The largest absolute Gasteiger partial charge is 0.489 e. The van der Waals surface area contributed by atoms with Crippen LogP contribution in [0.4, 0.5) is 5.69 Å². The van der Waals surface area contributed by atoms with Gasteiger partial charge in [0, 0.05) is 43.8 Å². The molecule has 2 heterocycles. The van der Waals surface area contributed by atoms with Crippen LogP contribution in [0.3, 0.4) is 0 Å². The van der Waals surface area contributed by atoms with Crippen LogP contribution in [-0.4, -0.2) is 29.1 Å². The normalized spacial score (nSPS) is 19.1. The highest BCUT2D eigenvalue weighted by Crippen LogP contribution is 2.21. The first-order chi connectivity index (χ1) is 9.79. The number of hydrogen-bond acceptors (Lipinski definition) is 4. The average Bonchev–Trinajstić information content (AvgIpc) is 2.87. The van der Waals surface area contributed by atoms with Crippen molar-refractivity contribution in [2.24, 2.45) is 0 Å². The first-order valence-electron chi connectivity index (χ1n) is 6.93.